The van der Waals surface area contributed by atoms with Crippen molar-refractivity contribution in [1.82, 2.24) is 9.21 Å². The summed E-state index contributed by atoms with van der Waals surface area (Å²) < 4.78 is 46.7. The summed E-state index contributed by atoms with van der Waals surface area (Å²) >= 11 is 0. The van der Waals surface area contributed by atoms with Gasteiger partial charge in [-0.3, -0.25) is 0 Å². The Balaban J connectivity index is 1.70. The Kier molecular flexibility index (Phi) is 6.20. The Morgan fingerprint density at radius 3 is 2.37 bits per heavy atom. The number of nitrogens with zero attached hydrogens (tertiary/aromatic N) is 2. The molecule has 2 fully saturated rings. The topological polar surface area (TPSA) is 150 Å². The summed E-state index contributed by atoms with van der Waals surface area (Å²) in [6.07, 6.45) is -0.110. The predicted octanol–water partition coefficient (Wildman–Crippen LogP) is -0.0326. The smallest absolute Gasteiger partial charge is 0.339 e. The number of carboxylic acids is 1. The first-order valence-corrected chi connectivity index (χ1v) is 11.0. The summed E-state index contributed by atoms with van der Waals surface area (Å²) in [6, 6.07) is 4.97. The van der Waals surface area contributed by atoms with E-state index in [-0.39, 0.29) is 44.6 Å². The fourth-order valence-corrected chi connectivity index (χ4v) is 6.03. The molecule has 0 spiro atoms. The van der Waals surface area contributed by atoms with Crippen molar-refractivity contribution in [1.29, 1.82) is 0 Å². The van der Waals surface area contributed by atoms with Gasteiger partial charge in [0.15, 0.2) is 17.2 Å². The average Bonchev–Trinajstić information content (AvgIpc) is 2.69. The lowest BCUT2D eigenvalue weighted by atomic mass is 9.92. The molecule has 0 aromatic heterocycles. The van der Waals surface area contributed by atoms with Gasteiger partial charge >= 0.3 is 12.0 Å². The van der Waals surface area contributed by atoms with Crippen molar-refractivity contribution < 1.29 is 37.3 Å². The van der Waals surface area contributed by atoms with E-state index in [1.54, 1.807) is 6.07 Å². The van der Waals surface area contributed by atoms with Crippen LogP contribution in [0.2, 0.25) is 0 Å². The zero-order valence-corrected chi connectivity index (χ0v) is 16.9. The zero-order valence-electron chi connectivity index (χ0n) is 16.1. The lowest BCUT2D eigenvalue weighted by Gasteiger charge is -2.43. The minimum atomic E-state index is -4.20. The van der Waals surface area contributed by atoms with Gasteiger partial charge in [0.25, 0.3) is 0 Å². The van der Waals surface area contributed by atoms with Crippen LogP contribution in [0.15, 0.2) is 24.3 Å². The van der Waals surface area contributed by atoms with Crippen molar-refractivity contribution >= 4 is 22.0 Å². The van der Waals surface area contributed by atoms with Crippen LogP contribution < -0.4 is 10.5 Å². The number of piperidine rings is 2. The first-order valence-electron chi connectivity index (χ1n) is 9.46. The van der Waals surface area contributed by atoms with Gasteiger partial charge in [-0.15, -0.1) is 0 Å². The number of urea groups is 1. The van der Waals surface area contributed by atoms with Gasteiger partial charge in [-0.25, -0.2) is 26.7 Å². The molecule has 10 nitrogen and oxygen atoms in total. The molecule has 166 valence electrons. The highest BCUT2D eigenvalue weighted by Gasteiger charge is 2.56. The van der Waals surface area contributed by atoms with E-state index in [1.165, 1.54) is 18.2 Å². The normalized spacial score (nSPS) is 26.3. The molecule has 2 saturated heterocycles. The molecule has 0 radical (unpaired) electrons. The maximum Gasteiger partial charge on any atom is 0.339 e. The Bertz CT molecular complexity index is 920. The molecule has 1 aromatic rings. The third-order valence-corrected chi connectivity index (χ3v) is 7.99. The average molecular weight is 445 g/mol. The number of primary amides is 1. The minimum absolute atomic E-state index is 0.0349. The van der Waals surface area contributed by atoms with Gasteiger partial charge < -0.3 is 25.6 Å². The van der Waals surface area contributed by atoms with Crippen molar-refractivity contribution in [3.05, 3.63) is 30.1 Å². The van der Waals surface area contributed by atoms with E-state index in [0.717, 1.165) is 9.21 Å². The molecule has 0 saturated carbocycles. The highest BCUT2D eigenvalue weighted by Crippen LogP contribution is 2.32. The quantitative estimate of drug-likeness (QED) is 0.576. The maximum atomic E-state index is 13.8. The third-order valence-electron chi connectivity index (χ3n) is 5.56. The first-order chi connectivity index (χ1) is 14.1. The molecule has 12 heteroatoms. The van der Waals surface area contributed by atoms with Gasteiger partial charge in [-0.05, 0) is 31.4 Å². The van der Waals surface area contributed by atoms with Crippen LogP contribution in [0.5, 0.6) is 5.75 Å². The van der Waals surface area contributed by atoms with Gasteiger partial charge in [0, 0.05) is 19.6 Å². The number of sulfonamides is 1. The van der Waals surface area contributed by atoms with Crippen molar-refractivity contribution in [2.75, 3.05) is 26.2 Å². The molecule has 4 N–H and O–H groups in total. The number of carbonyl (C=O) groups is 2. The number of amides is 2. The molecule has 1 aromatic carbocycles. The number of ether oxygens (including phenoxy) is 1. The molecule has 3 rings (SSSR count). The number of carbonyl (C=O) groups excluding carboxylic acids is 1. The number of nitrogens with two attached hydrogens (primary N) is 1. The Hall–Kier alpha value is -2.44. The molecule has 2 aliphatic heterocycles. The maximum absolute atomic E-state index is 13.8. The zero-order chi connectivity index (χ0) is 22.1. The van der Waals surface area contributed by atoms with E-state index in [0.29, 0.717) is 0 Å². The SMILES string of the molecule is NC(=O)N1CCC(S(=O)(=O)N2CCC(Oc3ccccc3F)CC2)C(O)(C(=O)O)C1. The summed E-state index contributed by atoms with van der Waals surface area (Å²) in [7, 11) is -4.20. The molecule has 2 heterocycles. The number of hydrogen-bond donors (Lipinski definition) is 3. The standard InChI is InChI=1S/C18H24FN3O7S/c19-13-3-1-2-4-14(13)29-12-5-9-22(10-6-12)30(27,28)15-7-8-21(17(20)25)11-18(15,26)16(23)24/h1-4,12,15,26H,5-11H2,(H2,20,25)(H,23,24). The number of hydrogen-bond acceptors (Lipinski definition) is 6. The van der Waals surface area contributed by atoms with Crippen LogP contribution in [-0.2, 0) is 14.8 Å². The monoisotopic (exact) mass is 445 g/mol. The minimum Gasteiger partial charge on any atom is -0.487 e. The van der Waals surface area contributed by atoms with Crippen LogP contribution in [0.3, 0.4) is 0 Å². The number of likely N-dealkylation sites (tertiary alicyclic amines) is 1. The second-order valence-corrected chi connectivity index (χ2v) is 9.57. The number of aliphatic hydroxyl groups is 1. The Morgan fingerprint density at radius 2 is 1.80 bits per heavy atom. The van der Waals surface area contributed by atoms with Gasteiger partial charge in [0.2, 0.25) is 10.0 Å². The molecule has 0 aliphatic carbocycles. The third kappa shape index (κ3) is 4.20. The van der Waals surface area contributed by atoms with E-state index >= 15 is 0 Å². The van der Waals surface area contributed by atoms with Crippen LogP contribution in [0, 0.1) is 5.82 Å². The van der Waals surface area contributed by atoms with Crippen LogP contribution in [-0.4, -0.2) is 83.0 Å². The first kappa shape index (κ1) is 22.2. The number of β-amino-alcohol motifs (C(OH)–C–C–N with tert-alkyl or cyclic N) is 1. The number of halogens is 1. The van der Waals surface area contributed by atoms with Gasteiger partial charge in [-0.1, -0.05) is 12.1 Å². The van der Waals surface area contributed by atoms with E-state index < -0.39 is 51.3 Å². The summed E-state index contributed by atoms with van der Waals surface area (Å²) in [5.41, 5.74) is 2.48. The van der Waals surface area contributed by atoms with Crippen LogP contribution in [0.4, 0.5) is 9.18 Å². The van der Waals surface area contributed by atoms with E-state index in [2.05, 4.69) is 0 Å². The highest BCUT2D eigenvalue weighted by atomic mass is 32.2. The number of aliphatic carboxylic acids is 1. The molecule has 2 amide bonds. The van der Waals surface area contributed by atoms with E-state index in [4.69, 9.17) is 10.5 Å². The number of para-hydroxylation sites is 1. The van der Waals surface area contributed by atoms with Gasteiger partial charge in [0.05, 0.1) is 6.54 Å². The molecule has 2 unspecified atom stereocenters. The lowest BCUT2D eigenvalue weighted by molar-refractivity contribution is -0.162. The van der Waals surface area contributed by atoms with Crippen molar-refractivity contribution in [3.63, 3.8) is 0 Å². The van der Waals surface area contributed by atoms with Crippen LogP contribution >= 0.6 is 0 Å². The molecular weight excluding hydrogens is 421 g/mol. The van der Waals surface area contributed by atoms with Gasteiger partial charge in [0.1, 0.15) is 11.4 Å². The molecule has 2 aliphatic rings. The van der Waals surface area contributed by atoms with E-state index in [9.17, 15) is 32.6 Å². The predicted molar refractivity (Wildman–Crippen MR) is 103 cm³/mol. The van der Waals surface area contributed by atoms with Crippen molar-refractivity contribution in [3.8, 4) is 5.75 Å². The summed E-state index contributed by atoms with van der Waals surface area (Å²) in [5, 5.41) is 18.5. The largest absolute Gasteiger partial charge is 0.487 e. The van der Waals surface area contributed by atoms with Crippen molar-refractivity contribution in [2.45, 2.75) is 36.2 Å². The van der Waals surface area contributed by atoms with Gasteiger partial charge in [-0.2, -0.15) is 0 Å². The summed E-state index contributed by atoms with van der Waals surface area (Å²) in [4.78, 5) is 24.0. The fraction of sp³-hybridized carbons (Fsp3) is 0.556. The lowest BCUT2D eigenvalue weighted by Crippen LogP contribution is -2.67. The summed E-state index contributed by atoms with van der Waals surface area (Å²) in [6.45, 7) is -0.726. The Morgan fingerprint density at radius 1 is 1.17 bits per heavy atom. The van der Waals surface area contributed by atoms with E-state index in [1.807, 2.05) is 0 Å². The Labute approximate surface area is 173 Å². The number of benzene rings is 1. The fourth-order valence-electron chi connectivity index (χ4n) is 3.88. The molecule has 2 atom stereocenters. The number of rotatable bonds is 5. The highest BCUT2D eigenvalue weighted by molar-refractivity contribution is 7.89. The molecule has 30 heavy (non-hydrogen) atoms. The van der Waals surface area contributed by atoms with Crippen LogP contribution in [0.25, 0.3) is 0 Å². The van der Waals surface area contributed by atoms with Crippen LogP contribution in [0.1, 0.15) is 19.3 Å². The second kappa shape index (κ2) is 8.36. The number of carboxylic acid groups (broad SMARTS) is 1. The molecular formula is C18H24FN3O7S. The molecule has 0 bridgehead atoms. The summed E-state index contributed by atoms with van der Waals surface area (Å²) in [5.74, 6) is -2.17. The van der Waals surface area contributed by atoms with Crippen molar-refractivity contribution in [2.24, 2.45) is 5.73 Å². The second-order valence-electron chi connectivity index (χ2n) is 7.46.